The van der Waals surface area contributed by atoms with Gasteiger partial charge in [0.05, 0.1) is 21.6 Å². The monoisotopic (exact) mass is 338 g/mol. The fourth-order valence-electron chi connectivity index (χ4n) is 1.09. The van der Waals surface area contributed by atoms with Gasteiger partial charge < -0.3 is 15.8 Å². The molecule has 0 radical (unpaired) electrons. The van der Waals surface area contributed by atoms with E-state index in [1.54, 1.807) is 6.92 Å². The lowest BCUT2D eigenvalue weighted by Gasteiger charge is -2.09. The highest BCUT2D eigenvalue weighted by Crippen LogP contribution is 2.23. The molecule has 0 fully saturated rings. The summed E-state index contributed by atoms with van der Waals surface area (Å²) in [5, 5.41) is 2.72. The molecule has 0 unspecified atom stereocenters. The molecule has 3 N–H and O–H groups in total. The van der Waals surface area contributed by atoms with Crippen molar-refractivity contribution >= 4 is 39.9 Å². The van der Waals surface area contributed by atoms with Crippen LogP contribution in [-0.4, -0.2) is 19.1 Å². The van der Waals surface area contributed by atoms with Gasteiger partial charge in [-0.25, -0.2) is 4.39 Å². The van der Waals surface area contributed by atoms with Crippen LogP contribution >= 0.6 is 22.6 Å². The third-order valence-corrected chi connectivity index (χ3v) is 2.65. The number of esters is 1. The molecule has 0 atom stereocenters. The zero-order valence-electron chi connectivity index (χ0n) is 8.72. The smallest absolute Gasteiger partial charge is 0.325 e. The Hall–Kier alpha value is -1.05. The number of carbonyl (C=O) groups is 1. The first-order valence-corrected chi connectivity index (χ1v) is 5.76. The molecule has 16 heavy (non-hydrogen) atoms. The van der Waals surface area contributed by atoms with Crippen LogP contribution in [0.25, 0.3) is 0 Å². The number of halogens is 2. The summed E-state index contributed by atoms with van der Waals surface area (Å²) in [5.74, 6) is -0.776. The lowest BCUT2D eigenvalue weighted by atomic mass is 10.2. The van der Waals surface area contributed by atoms with E-state index in [-0.39, 0.29) is 12.4 Å². The number of nitrogens with one attached hydrogen (secondary N) is 1. The fourth-order valence-corrected chi connectivity index (χ4v) is 1.59. The predicted molar refractivity (Wildman–Crippen MR) is 68.7 cm³/mol. The van der Waals surface area contributed by atoms with Gasteiger partial charge in [-0.15, -0.1) is 0 Å². The zero-order valence-corrected chi connectivity index (χ0v) is 10.9. The summed E-state index contributed by atoms with van der Waals surface area (Å²) < 4.78 is 18.4. The minimum absolute atomic E-state index is 0.0297. The largest absolute Gasteiger partial charge is 0.465 e. The molecular formula is C10H12FIN2O2. The van der Waals surface area contributed by atoms with Gasteiger partial charge in [0.15, 0.2) is 0 Å². The summed E-state index contributed by atoms with van der Waals surface area (Å²) in [7, 11) is 0. The first kappa shape index (κ1) is 13.0. The maximum atomic E-state index is 13.2. The summed E-state index contributed by atoms with van der Waals surface area (Å²) in [6.07, 6.45) is 0. The highest BCUT2D eigenvalue weighted by Gasteiger charge is 2.07. The molecule has 0 aliphatic carbocycles. The zero-order chi connectivity index (χ0) is 12.1. The van der Waals surface area contributed by atoms with Crippen LogP contribution in [-0.2, 0) is 9.53 Å². The highest BCUT2D eigenvalue weighted by molar-refractivity contribution is 14.1. The SMILES string of the molecule is CCOC(=O)CNc1cc(F)c(I)cc1N. The van der Waals surface area contributed by atoms with Crippen LogP contribution < -0.4 is 11.1 Å². The number of ether oxygens (including phenoxy) is 1. The summed E-state index contributed by atoms with van der Waals surface area (Å²) in [4.78, 5) is 11.1. The number of benzene rings is 1. The second kappa shape index (κ2) is 5.88. The summed E-state index contributed by atoms with van der Waals surface area (Å²) in [5.41, 5.74) is 6.46. The first-order valence-electron chi connectivity index (χ1n) is 4.68. The fraction of sp³-hybridized carbons (Fsp3) is 0.300. The van der Waals surface area contributed by atoms with E-state index in [0.29, 0.717) is 21.6 Å². The van der Waals surface area contributed by atoms with Crippen LogP contribution in [0.5, 0.6) is 0 Å². The van der Waals surface area contributed by atoms with Crippen molar-refractivity contribution in [3.8, 4) is 0 Å². The van der Waals surface area contributed by atoms with Crippen molar-refractivity contribution in [1.29, 1.82) is 0 Å². The molecule has 1 aromatic carbocycles. The Morgan fingerprint density at radius 2 is 2.31 bits per heavy atom. The van der Waals surface area contributed by atoms with E-state index < -0.39 is 5.97 Å². The quantitative estimate of drug-likeness (QED) is 0.501. The molecular weight excluding hydrogens is 326 g/mol. The number of hydrogen-bond acceptors (Lipinski definition) is 4. The molecule has 0 heterocycles. The first-order chi connectivity index (χ1) is 7.54. The molecule has 1 rings (SSSR count). The van der Waals surface area contributed by atoms with E-state index in [1.807, 2.05) is 22.6 Å². The van der Waals surface area contributed by atoms with Gasteiger partial charge in [0.25, 0.3) is 0 Å². The van der Waals surface area contributed by atoms with Gasteiger partial charge in [-0.2, -0.15) is 0 Å². The molecule has 0 amide bonds. The van der Waals surface area contributed by atoms with Crippen LogP contribution in [0.3, 0.4) is 0 Å². The number of rotatable bonds is 4. The van der Waals surface area contributed by atoms with Crippen molar-refractivity contribution in [2.75, 3.05) is 24.2 Å². The van der Waals surface area contributed by atoms with Gasteiger partial charge in [0, 0.05) is 6.07 Å². The van der Waals surface area contributed by atoms with Crippen LogP contribution in [0.1, 0.15) is 6.92 Å². The molecule has 0 saturated carbocycles. The molecule has 1 aromatic rings. The second-order valence-electron chi connectivity index (χ2n) is 3.01. The average Bonchev–Trinajstić information content (AvgIpc) is 2.22. The molecule has 88 valence electrons. The number of hydrogen-bond donors (Lipinski definition) is 2. The van der Waals surface area contributed by atoms with Gasteiger partial charge >= 0.3 is 5.97 Å². The Balaban J connectivity index is 2.67. The van der Waals surface area contributed by atoms with Crippen LogP contribution in [0.15, 0.2) is 12.1 Å². The van der Waals surface area contributed by atoms with Gasteiger partial charge in [-0.3, -0.25) is 4.79 Å². The molecule has 4 nitrogen and oxygen atoms in total. The van der Waals surface area contributed by atoms with Crippen LogP contribution in [0, 0.1) is 9.39 Å². The second-order valence-corrected chi connectivity index (χ2v) is 4.17. The van der Waals surface area contributed by atoms with Crippen LogP contribution in [0.2, 0.25) is 0 Å². The molecule has 0 aliphatic rings. The number of carbonyl (C=O) groups excluding carboxylic acids is 1. The molecule has 6 heteroatoms. The lowest BCUT2D eigenvalue weighted by Crippen LogP contribution is -2.17. The highest BCUT2D eigenvalue weighted by atomic mass is 127. The standard InChI is InChI=1S/C10H12FIN2O2/c1-2-16-10(15)5-14-9-3-6(11)7(12)4-8(9)13/h3-4,14H,2,5,13H2,1H3. The van der Waals surface area contributed by atoms with Crippen molar-refractivity contribution in [2.45, 2.75) is 6.92 Å². The third-order valence-electron chi connectivity index (χ3n) is 1.82. The molecule has 0 saturated heterocycles. The number of nitrogen functional groups attached to an aromatic ring is 1. The van der Waals surface area contributed by atoms with Crippen molar-refractivity contribution in [3.05, 3.63) is 21.5 Å². The maximum absolute atomic E-state index is 13.2. The topological polar surface area (TPSA) is 64.3 Å². The van der Waals surface area contributed by atoms with Crippen molar-refractivity contribution in [3.63, 3.8) is 0 Å². The van der Waals surface area contributed by atoms with E-state index in [2.05, 4.69) is 5.32 Å². The van der Waals surface area contributed by atoms with E-state index in [9.17, 15) is 9.18 Å². The number of anilines is 2. The summed E-state index contributed by atoms with van der Waals surface area (Å²) in [6.45, 7) is 2.01. The lowest BCUT2D eigenvalue weighted by molar-refractivity contribution is -0.140. The van der Waals surface area contributed by atoms with Gasteiger partial charge in [0.2, 0.25) is 0 Å². The Bertz CT molecular complexity index is 399. The average molecular weight is 338 g/mol. The summed E-state index contributed by atoms with van der Waals surface area (Å²) >= 11 is 1.85. The Kier molecular flexibility index (Phi) is 4.78. The van der Waals surface area contributed by atoms with Crippen molar-refractivity contribution < 1.29 is 13.9 Å². The predicted octanol–water partition coefficient (Wildman–Crippen LogP) is 1.99. The molecule has 0 aromatic heterocycles. The van der Waals surface area contributed by atoms with Gasteiger partial charge in [-0.1, -0.05) is 0 Å². The van der Waals surface area contributed by atoms with Crippen LogP contribution in [0.4, 0.5) is 15.8 Å². The van der Waals surface area contributed by atoms with E-state index in [0.717, 1.165) is 0 Å². The number of nitrogens with two attached hydrogens (primary N) is 1. The van der Waals surface area contributed by atoms with Crippen molar-refractivity contribution in [2.24, 2.45) is 0 Å². The normalized spacial score (nSPS) is 9.94. The minimum Gasteiger partial charge on any atom is -0.465 e. The minimum atomic E-state index is -0.402. The Morgan fingerprint density at radius 3 is 2.94 bits per heavy atom. The van der Waals surface area contributed by atoms with Crippen molar-refractivity contribution in [1.82, 2.24) is 0 Å². The van der Waals surface area contributed by atoms with E-state index >= 15 is 0 Å². The third kappa shape index (κ3) is 3.51. The summed E-state index contributed by atoms with van der Waals surface area (Å²) in [6, 6.07) is 2.76. The molecule has 0 spiro atoms. The van der Waals surface area contributed by atoms with E-state index in [1.165, 1.54) is 12.1 Å². The van der Waals surface area contributed by atoms with E-state index in [4.69, 9.17) is 10.5 Å². The Labute approximate surface area is 106 Å². The molecule has 0 aliphatic heterocycles. The van der Waals surface area contributed by atoms with Gasteiger partial charge in [-0.05, 0) is 35.6 Å². The molecule has 0 bridgehead atoms. The maximum Gasteiger partial charge on any atom is 0.325 e. The van der Waals surface area contributed by atoms with Gasteiger partial charge in [0.1, 0.15) is 12.4 Å². The Morgan fingerprint density at radius 1 is 1.62 bits per heavy atom.